The van der Waals surface area contributed by atoms with Crippen LogP contribution in [0.25, 0.3) is 32.7 Å². The number of fused-ring (bicyclic) bond motifs is 2. The van der Waals surface area contributed by atoms with Gasteiger partial charge >= 0.3 is 0 Å². The minimum absolute atomic E-state index is 0.302. The van der Waals surface area contributed by atoms with Crippen molar-refractivity contribution in [1.82, 2.24) is 0 Å². The van der Waals surface area contributed by atoms with Crippen molar-refractivity contribution in [2.24, 2.45) is 0 Å². The number of benzene rings is 6. The van der Waals surface area contributed by atoms with Crippen molar-refractivity contribution in [2.45, 2.75) is 13.8 Å². The molecule has 1 unspecified atom stereocenters. The van der Waals surface area contributed by atoms with Gasteiger partial charge in [-0.3, -0.25) is 0 Å². The van der Waals surface area contributed by atoms with Crippen LogP contribution in [0, 0.1) is 13.8 Å². The Morgan fingerprint density at radius 2 is 1.27 bits per heavy atom. The van der Waals surface area contributed by atoms with Gasteiger partial charge in [0.2, 0.25) is 0 Å². The number of hydrogen-bond acceptors (Lipinski definition) is 3. The molecular weight excluding hydrogens is 511 g/mol. The second kappa shape index (κ2) is 10.7. The zero-order valence-corrected chi connectivity index (χ0v) is 24.0. The van der Waals surface area contributed by atoms with Crippen LogP contribution in [0.3, 0.4) is 0 Å². The van der Waals surface area contributed by atoms with E-state index in [0.29, 0.717) is 5.75 Å². The number of hydrogen-bond donors (Lipinski definition) is 1. The Balaban J connectivity index is 1.68. The first-order valence-electron chi connectivity index (χ1n) is 13.3. The highest BCUT2D eigenvalue weighted by Crippen LogP contribution is 2.46. The number of aromatic hydroxyl groups is 1. The second-order valence-corrected chi connectivity index (χ2v) is 12.1. The molecule has 0 amide bonds. The maximum atomic E-state index is 12.3. The Morgan fingerprint density at radius 1 is 0.600 bits per heavy atom. The third-order valence-electron chi connectivity index (χ3n) is 7.59. The highest BCUT2D eigenvalue weighted by atomic mass is 31.1. The van der Waals surface area contributed by atoms with Gasteiger partial charge in [-0.05, 0) is 90.1 Å². The summed E-state index contributed by atoms with van der Waals surface area (Å²) in [4.78, 5) is 0. The normalized spacial score (nSPS) is 12.0. The number of ether oxygens (including phenoxy) is 2. The Labute approximate surface area is 236 Å². The van der Waals surface area contributed by atoms with E-state index in [-0.39, 0.29) is 0 Å². The first-order chi connectivity index (χ1) is 19.5. The van der Waals surface area contributed by atoms with Crippen molar-refractivity contribution in [1.29, 1.82) is 0 Å². The summed E-state index contributed by atoms with van der Waals surface area (Å²) < 4.78 is 11.4. The van der Waals surface area contributed by atoms with Gasteiger partial charge in [-0.25, -0.2) is 0 Å². The molecule has 40 heavy (non-hydrogen) atoms. The summed E-state index contributed by atoms with van der Waals surface area (Å²) >= 11 is 0. The Hall–Kier alpha value is -4.33. The lowest BCUT2D eigenvalue weighted by Crippen LogP contribution is -2.25. The van der Waals surface area contributed by atoms with Gasteiger partial charge in [-0.1, -0.05) is 78.9 Å². The molecule has 3 nitrogen and oxygen atoms in total. The van der Waals surface area contributed by atoms with E-state index in [1.807, 2.05) is 24.3 Å². The van der Waals surface area contributed by atoms with Gasteiger partial charge in [0, 0.05) is 21.7 Å². The maximum Gasteiger partial charge on any atom is 0.131 e. The molecule has 0 aliphatic carbocycles. The number of aryl methyl sites for hydroxylation is 2. The van der Waals surface area contributed by atoms with Crippen molar-refractivity contribution in [3.8, 4) is 28.4 Å². The third kappa shape index (κ3) is 4.37. The lowest BCUT2D eigenvalue weighted by atomic mass is 9.91. The Bertz CT molecular complexity index is 1820. The number of phenolic OH excluding ortho intramolecular Hbond substituents is 1. The molecule has 0 saturated heterocycles. The van der Waals surface area contributed by atoms with Gasteiger partial charge in [0.1, 0.15) is 17.2 Å². The van der Waals surface area contributed by atoms with Crippen molar-refractivity contribution in [3.05, 3.63) is 120 Å². The Morgan fingerprint density at radius 3 is 1.93 bits per heavy atom. The number of phenols is 1. The molecule has 198 valence electrons. The number of methoxy groups -OCH3 is 2. The van der Waals surface area contributed by atoms with Gasteiger partial charge < -0.3 is 14.6 Å². The van der Waals surface area contributed by atoms with Gasteiger partial charge in [-0.15, -0.1) is 0 Å². The highest BCUT2D eigenvalue weighted by Gasteiger charge is 2.28. The Kier molecular flexibility index (Phi) is 6.92. The van der Waals surface area contributed by atoms with Crippen LogP contribution in [-0.2, 0) is 0 Å². The van der Waals surface area contributed by atoms with Gasteiger partial charge in [0.15, 0.2) is 0 Å². The number of para-hydroxylation sites is 1. The van der Waals surface area contributed by atoms with Crippen LogP contribution in [0.5, 0.6) is 17.2 Å². The summed E-state index contributed by atoms with van der Waals surface area (Å²) in [5, 5.41) is 19.9. The minimum Gasteiger partial charge on any atom is -0.507 e. The molecule has 1 atom stereocenters. The molecular formula is C36H31O3P. The largest absolute Gasteiger partial charge is 0.507 e. The zero-order chi connectivity index (χ0) is 27.8. The van der Waals surface area contributed by atoms with Crippen molar-refractivity contribution < 1.29 is 14.6 Å². The SMILES string of the molecule is COc1ccc(P(c2cccc(-c3c4ccccc4cc4ccccc34)c2O)c2c(C)cccc2OC)c(C)c1. The van der Waals surface area contributed by atoms with Gasteiger partial charge in [0.25, 0.3) is 0 Å². The molecule has 0 aliphatic rings. The molecule has 4 heteroatoms. The summed E-state index contributed by atoms with van der Waals surface area (Å²) in [5.74, 6) is 1.94. The third-order valence-corrected chi connectivity index (χ3v) is 10.4. The molecule has 0 bridgehead atoms. The van der Waals surface area contributed by atoms with E-state index >= 15 is 0 Å². The van der Waals surface area contributed by atoms with Crippen molar-refractivity contribution in [2.75, 3.05) is 14.2 Å². The standard InChI is InChI=1S/C36H31O3P/c1-23-11-9-17-31(39-4)36(23)40(32-20-19-27(38-3)21-24(32)2)33-18-10-16-30(35(33)37)34-28-14-7-5-12-25(28)22-26-13-6-8-15-29(26)34/h5-22,37H,1-4H3. The van der Waals surface area contributed by atoms with Gasteiger partial charge in [0.05, 0.1) is 14.2 Å². The van der Waals surface area contributed by atoms with E-state index in [9.17, 15) is 5.11 Å². The van der Waals surface area contributed by atoms with Crippen LogP contribution in [0.15, 0.2) is 109 Å². The van der Waals surface area contributed by atoms with Crippen LogP contribution in [0.1, 0.15) is 11.1 Å². The average molecular weight is 543 g/mol. The minimum atomic E-state index is -1.18. The van der Waals surface area contributed by atoms with Crippen LogP contribution >= 0.6 is 7.92 Å². The highest BCUT2D eigenvalue weighted by molar-refractivity contribution is 7.80. The molecule has 6 aromatic carbocycles. The summed E-state index contributed by atoms with van der Waals surface area (Å²) in [7, 11) is 2.22. The molecule has 6 aromatic rings. The smallest absolute Gasteiger partial charge is 0.131 e. The lowest BCUT2D eigenvalue weighted by Gasteiger charge is -2.26. The zero-order valence-electron chi connectivity index (χ0n) is 23.1. The summed E-state index contributed by atoms with van der Waals surface area (Å²) in [6.07, 6.45) is 0. The molecule has 1 N–H and O–H groups in total. The van der Waals surface area contributed by atoms with E-state index in [1.54, 1.807) is 14.2 Å². The van der Waals surface area contributed by atoms with E-state index in [1.165, 1.54) is 0 Å². The molecule has 0 radical (unpaired) electrons. The first-order valence-corrected chi connectivity index (χ1v) is 14.7. The van der Waals surface area contributed by atoms with Crippen molar-refractivity contribution >= 4 is 45.4 Å². The first kappa shape index (κ1) is 25.9. The van der Waals surface area contributed by atoms with Gasteiger partial charge in [-0.2, -0.15) is 0 Å². The van der Waals surface area contributed by atoms with Crippen LogP contribution < -0.4 is 25.4 Å². The van der Waals surface area contributed by atoms with Crippen LogP contribution in [0.2, 0.25) is 0 Å². The molecule has 6 rings (SSSR count). The fourth-order valence-corrected chi connectivity index (χ4v) is 8.44. The van der Waals surface area contributed by atoms with E-state index in [2.05, 4.69) is 98.8 Å². The van der Waals surface area contributed by atoms with Crippen LogP contribution in [-0.4, -0.2) is 19.3 Å². The number of rotatable bonds is 6. The molecule has 0 fully saturated rings. The predicted molar refractivity (Wildman–Crippen MR) is 170 cm³/mol. The fraction of sp³-hybridized carbons (Fsp3) is 0.111. The van der Waals surface area contributed by atoms with E-state index in [0.717, 1.165) is 71.2 Å². The molecule has 0 saturated carbocycles. The molecule has 0 aromatic heterocycles. The maximum absolute atomic E-state index is 12.3. The topological polar surface area (TPSA) is 38.7 Å². The molecule has 0 aliphatic heterocycles. The lowest BCUT2D eigenvalue weighted by molar-refractivity contribution is 0.414. The predicted octanol–water partition coefficient (Wildman–Crippen LogP) is 7.76. The van der Waals surface area contributed by atoms with E-state index in [4.69, 9.17) is 9.47 Å². The van der Waals surface area contributed by atoms with Crippen molar-refractivity contribution in [3.63, 3.8) is 0 Å². The quantitative estimate of drug-likeness (QED) is 0.173. The monoisotopic (exact) mass is 542 g/mol. The second-order valence-electron chi connectivity index (χ2n) is 9.98. The molecule has 0 spiro atoms. The summed E-state index contributed by atoms with van der Waals surface area (Å²) in [6.45, 7) is 4.22. The van der Waals surface area contributed by atoms with Crippen LogP contribution in [0.4, 0.5) is 0 Å². The summed E-state index contributed by atoms with van der Waals surface area (Å²) in [6, 6.07) is 37.5. The van der Waals surface area contributed by atoms with E-state index < -0.39 is 7.92 Å². The summed E-state index contributed by atoms with van der Waals surface area (Å²) in [5.41, 5.74) is 4.11. The fourth-order valence-electron chi connectivity index (χ4n) is 5.68. The molecule has 0 heterocycles. The average Bonchev–Trinajstić information content (AvgIpc) is 2.98.